The van der Waals surface area contributed by atoms with Crippen molar-refractivity contribution in [1.82, 2.24) is 0 Å². The van der Waals surface area contributed by atoms with E-state index in [2.05, 4.69) is 5.32 Å². The summed E-state index contributed by atoms with van der Waals surface area (Å²) in [5.74, 6) is -1.22. The van der Waals surface area contributed by atoms with Crippen molar-refractivity contribution in [2.75, 3.05) is 18.5 Å². The van der Waals surface area contributed by atoms with Crippen molar-refractivity contribution in [3.05, 3.63) is 29.6 Å². The zero-order chi connectivity index (χ0) is 12.1. The fourth-order valence-electron chi connectivity index (χ4n) is 1.11. The van der Waals surface area contributed by atoms with E-state index in [9.17, 15) is 9.18 Å². The van der Waals surface area contributed by atoms with Crippen LogP contribution in [0.1, 0.15) is 10.4 Å². The van der Waals surface area contributed by atoms with Crippen LogP contribution in [0.4, 0.5) is 10.1 Å². The van der Waals surface area contributed by atoms with E-state index in [4.69, 9.17) is 15.9 Å². The molecular formula is C10H13FN2O3. The van der Waals surface area contributed by atoms with Crippen LogP contribution in [-0.4, -0.2) is 35.4 Å². The van der Waals surface area contributed by atoms with E-state index in [1.54, 1.807) is 0 Å². The van der Waals surface area contributed by atoms with Crippen LogP contribution < -0.4 is 11.1 Å². The second-order valence-electron chi connectivity index (χ2n) is 3.28. The molecule has 6 heteroatoms. The second kappa shape index (κ2) is 5.43. The Balaban J connectivity index is 2.78. The number of carbonyl (C=O) groups excluding carboxylic acids is 1. The lowest BCUT2D eigenvalue weighted by Gasteiger charge is -2.11. The van der Waals surface area contributed by atoms with Crippen molar-refractivity contribution >= 4 is 11.6 Å². The van der Waals surface area contributed by atoms with Crippen LogP contribution in [0, 0.1) is 5.82 Å². The molecule has 0 aromatic heterocycles. The maximum Gasteiger partial charge on any atom is 0.248 e. The molecule has 0 aliphatic heterocycles. The topological polar surface area (TPSA) is 95.6 Å². The Morgan fingerprint density at radius 2 is 2.25 bits per heavy atom. The molecule has 0 aliphatic carbocycles. The van der Waals surface area contributed by atoms with E-state index < -0.39 is 24.4 Å². The number of hydrogen-bond acceptors (Lipinski definition) is 4. The molecular weight excluding hydrogens is 215 g/mol. The van der Waals surface area contributed by atoms with Gasteiger partial charge < -0.3 is 21.3 Å². The van der Waals surface area contributed by atoms with Gasteiger partial charge in [0.05, 0.1) is 18.4 Å². The third kappa shape index (κ3) is 3.18. The number of carbonyl (C=O) groups is 1. The first-order valence-electron chi connectivity index (χ1n) is 4.66. The maximum atomic E-state index is 13.2. The third-order valence-corrected chi connectivity index (χ3v) is 1.99. The van der Waals surface area contributed by atoms with Crippen LogP contribution in [0.3, 0.4) is 0 Å². The first-order chi connectivity index (χ1) is 7.54. The summed E-state index contributed by atoms with van der Waals surface area (Å²) in [4.78, 5) is 10.8. The molecule has 5 nitrogen and oxygen atoms in total. The van der Waals surface area contributed by atoms with Gasteiger partial charge in [0.25, 0.3) is 0 Å². The minimum Gasteiger partial charge on any atom is -0.394 e. The number of nitrogens with one attached hydrogen (secondary N) is 1. The largest absolute Gasteiger partial charge is 0.394 e. The zero-order valence-electron chi connectivity index (χ0n) is 8.48. The molecule has 0 heterocycles. The Kier molecular flexibility index (Phi) is 4.21. The highest BCUT2D eigenvalue weighted by Gasteiger charge is 2.08. The highest BCUT2D eigenvalue weighted by Crippen LogP contribution is 2.15. The predicted octanol–water partition coefficient (Wildman–Crippen LogP) is -0.310. The van der Waals surface area contributed by atoms with Crippen molar-refractivity contribution in [1.29, 1.82) is 0 Å². The number of nitrogens with two attached hydrogens (primary N) is 1. The highest BCUT2D eigenvalue weighted by molar-refractivity contribution is 5.93. The Bertz CT molecular complexity index is 384. The van der Waals surface area contributed by atoms with Gasteiger partial charge in [0, 0.05) is 12.1 Å². The molecule has 1 rings (SSSR count). The fourth-order valence-corrected chi connectivity index (χ4v) is 1.11. The molecule has 16 heavy (non-hydrogen) atoms. The van der Waals surface area contributed by atoms with Crippen LogP contribution in [0.15, 0.2) is 18.2 Å². The van der Waals surface area contributed by atoms with Crippen molar-refractivity contribution in [2.24, 2.45) is 5.73 Å². The van der Waals surface area contributed by atoms with Gasteiger partial charge in [0.15, 0.2) is 0 Å². The second-order valence-corrected chi connectivity index (χ2v) is 3.28. The van der Waals surface area contributed by atoms with Crippen LogP contribution in [-0.2, 0) is 0 Å². The number of benzene rings is 1. The molecule has 0 radical (unpaired) electrons. The average Bonchev–Trinajstić information content (AvgIpc) is 2.27. The fraction of sp³-hybridized carbons (Fsp3) is 0.300. The molecule has 0 saturated carbocycles. The summed E-state index contributed by atoms with van der Waals surface area (Å²) in [5, 5.41) is 20.2. The standard InChI is InChI=1S/C10H13FN2O3/c11-8-2-1-6(10(12)16)3-9(8)13-4-7(15)5-14/h1-3,7,13-15H,4-5H2,(H2,12,16). The SMILES string of the molecule is NC(=O)c1ccc(F)c(NCC(O)CO)c1. The zero-order valence-corrected chi connectivity index (χ0v) is 8.48. The molecule has 0 saturated heterocycles. The third-order valence-electron chi connectivity index (χ3n) is 1.99. The Morgan fingerprint density at radius 3 is 2.81 bits per heavy atom. The lowest BCUT2D eigenvalue weighted by Crippen LogP contribution is -2.23. The summed E-state index contributed by atoms with van der Waals surface area (Å²) in [5.41, 5.74) is 5.26. The lowest BCUT2D eigenvalue weighted by atomic mass is 10.2. The van der Waals surface area contributed by atoms with E-state index in [0.717, 1.165) is 6.07 Å². The normalized spacial score (nSPS) is 12.2. The molecule has 0 fully saturated rings. The molecule has 1 unspecified atom stereocenters. The first kappa shape index (κ1) is 12.4. The molecule has 1 atom stereocenters. The summed E-state index contributed by atoms with van der Waals surface area (Å²) >= 11 is 0. The summed E-state index contributed by atoms with van der Waals surface area (Å²) in [6, 6.07) is 3.63. The van der Waals surface area contributed by atoms with Crippen LogP contribution in [0.5, 0.6) is 0 Å². The summed E-state index contributed by atoms with van der Waals surface area (Å²) in [7, 11) is 0. The minimum atomic E-state index is -0.989. The number of aliphatic hydroxyl groups excluding tert-OH is 2. The Hall–Kier alpha value is -1.66. The minimum absolute atomic E-state index is 0.0182. The molecule has 88 valence electrons. The number of anilines is 1. The van der Waals surface area contributed by atoms with Crippen molar-refractivity contribution in [3.8, 4) is 0 Å². The van der Waals surface area contributed by atoms with Crippen LogP contribution >= 0.6 is 0 Å². The monoisotopic (exact) mass is 228 g/mol. The van der Waals surface area contributed by atoms with Gasteiger partial charge in [0.2, 0.25) is 5.91 Å². The predicted molar refractivity (Wildman–Crippen MR) is 56.5 cm³/mol. The number of rotatable bonds is 5. The quantitative estimate of drug-likeness (QED) is 0.556. The molecule has 1 aromatic carbocycles. The van der Waals surface area contributed by atoms with Gasteiger partial charge in [-0.05, 0) is 18.2 Å². The molecule has 0 spiro atoms. The van der Waals surface area contributed by atoms with E-state index in [0.29, 0.717) is 0 Å². The summed E-state index contributed by atoms with van der Waals surface area (Å²) in [6.07, 6.45) is -0.989. The molecule has 1 aromatic rings. The van der Waals surface area contributed by atoms with Gasteiger partial charge in [-0.15, -0.1) is 0 Å². The molecule has 5 N–H and O–H groups in total. The number of primary amides is 1. The smallest absolute Gasteiger partial charge is 0.248 e. The van der Waals surface area contributed by atoms with E-state index in [1.807, 2.05) is 0 Å². The molecule has 1 amide bonds. The van der Waals surface area contributed by atoms with Crippen LogP contribution in [0.25, 0.3) is 0 Å². The number of amides is 1. The lowest BCUT2D eigenvalue weighted by molar-refractivity contribution is 0.100. The van der Waals surface area contributed by atoms with Gasteiger partial charge in [-0.25, -0.2) is 4.39 Å². The van der Waals surface area contributed by atoms with Crippen molar-refractivity contribution < 1.29 is 19.4 Å². The highest BCUT2D eigenvalue weighted by atomic mass is 19.1. The van der Waals surface area contributed by atoms with E-state index in [-0.39, 0.29) is 17.8 Å². The number of aliphatic hydroxyl groups is 2. The summed E-state index contributed by atoms with van der Waals surface area (Å²) in [6.45, 7) is -0.445. The number of halogens is 1. The van der Waals surface area contributed by atoms with E-state index in [1.165, 1.54) is 12.1 Å². The van der Waals surface area contributed by atoms with Crippen molar-refractivity contribution in [2.45, 2.75) is 6.10 Å². The van der Waals surface area contributed by atoms with Crippen LogP contribution in [0.2, 0.25) is 0 Å². The van der Waals surface area contributed by atoms with Gasteiger partial charge in [-0.1, -0.05) is 0 Å². The first-order valence-corrected chi connectivity index (χ1v) is 4.66. The maximum absolute atomic E-state index is 13.2. The van der Waals surface area contributed by atoms with Gasteiger partial charge in [0.1, 0.15) is 5.82 Å². The Morgan fingerprint density at radius 1 is 1.56 bits per heavy atom. The molecule has 0 aliphatic rings. The summed E-state index contributed by atoms with van der Waals surface area (Å²) < 4.78 is 13.2. The van der Waals surface area contributed by atoms with E-state index >= 15 is 0 Å². The molecule has 0 bridgehead atoms. The van der Waals surface area contributed by atoms with Gasteiger partial charge >= 0.3 is 0 Å². The van der Waals surface area contributed by atoms with Gasteiger partial charge in [-0.2, -0.15) is 0 Å². The van der Waals surface area contributed by atoms with Crippen molar-refractivity contribution in [3.63, 3.8) is 0 Å². The average molecular weight is 228 g/mol. The van der Waals surface area contributed by atoms with Gasteiger partial charge in [-0.3, -0.25) is 4.79 Å². The Labute approximate surface area is 91.7 Å². The number of hydrogen-bond donors (Lipinski definition) is 4.